The van der Waals surface area contributed by atoms with Crippen LogP contribution in [0.25, 0.3) is 10.9 Å². The Morgan fingerprint density at radius 2 is 2.24 bits per heavy atom. The van der Waals surface area contributed by atoms with E-state index in [0.29, 0.717) is 6.54 Å². The van der Waals surface area contributed by atoms with E-state index in [1.165, 1.54) is 23.6 Å². The molecular weight excluding hydrogens is 264 g/mol. The third-order valence-electron chi connectivity index (χ3n) is 4.05. The van der Waals surface area contributed by atoms with Crippen LogP contribution in [0.5, 0.6) is 0 Å². The van der Waals surface area contributed by atoms with Crippen molar-refractivity contribution >= 4 is 16.9 Å². The molecule has 0 radical (unpaired) electrons. The summed E-state index contributed by atoms with van der Waals surface area (Å²) in [5.41, 5.74) is 3.30. The molecule has 4 nitrogen and oxygen atoms in total. The molecule has 2 heterocycles. The average Bonchev–Trinajstić information content (AvgIpc) is 2.95. The van der Waals surface area contributed by atoms with Gasteiger partial charge in [0.2, 0.25) is 0 Å². The number of hydrogen-bond acceptors (Lipinski definition) is 3. The van der Waals surface area contributed by atoms with Crippen LogP contribution < -0.4 is 0 Å². The molecule has 2 aromatic rings. The van der Waals surface area contributed by atoms with Crippen molar-refractivity contribution in [3.63, 3.8) is 0 Å². The number of benzene rings is 1. The Balaban J connectivity index is 1.63. The van der Waals surface area contributed by atoms with Crippen molar-refractivity contribution in [3.8, 4) is 0 Å². The van der Waals surface area contributed by atoms with Crippen LogP contribution in [0.4, 0.5) is 0 Å². The Labute approximate surface area is 124 Å². The molecule has 0 unspecified atom stereocenters. The van der Waals surface area contributed by atoms with Crippen molar-refractivity contribution in [2.24, 2.45) is 0 Å². The molecule has 21 heavy (non-hydrogen) atoms. The Kier molecular flexibility index (Phi) is 4.06. The summed E-state index contributed by atoms with van der Waals surface area (Å²) < 4.78 is 4.81. The third-order valence-corrected chi connectivity index (χ3v) is 4.05. The zero-order valence-corrected chi connectivity index (χ0v) is 12.3. The molecule has 3 rings (SSSR count). The van der Waals surface area contributed by atoms with E-state index >= 15 is 0 Å². The highest BCUT2D eigenvalue weighted by Gasteiger charge is 2.18. The van der Waals surface area contributed by atoms with Gasteiger partial charge in [0.05, 0.1) is 7.11 Å². The Hall–Kier alpha value is -2.07. The second-order valence-electron chi connectivity index (χ2n) is 5.40. The zero-order chi connectivity index (χ0) is 14.7. The quantitative estimate of drug-likeness (QED) is 0.878. The van der Waals surface area contributed by atoms with Crippen LogP contribution in [0, 0.1) is 0 Å². The summed E-state index contributed by atoms with van der Waals surface area (Å²) in [5, 5.41) is 1.29. The van der Waals surface area contributed by atoms with E-state index < -0.39 is 0 Å². The Morgan fingerprint density at radius 1 is 1.38 bits per heavy atom. The van der Waals surface area contributed by atoms with Crippen molar-refractivity contribution in [1.29, 1.82) is 0 Å². The minimum Gasteiger partial charge on any atom is -0.466 e. The molecule has 0 saturated carbocycles. The van der Waals surface area contributed by atoms with Gasteiger partial charge in [-0.25, -0.2) is 4.79 Å². The predicted molar refractivity (Wildman–Crippen MR) is 83.2 cm³/mol. The number of methoxy groups -OCH3 is 1. The van der Waals surface area contributed by atoms with Crippen molar-refractivity contribution in [2.75, 3.05) is 26.7 Å². The van der Waals surface area contributed by atoms with Crippen molar-refractivity contribution in [1.82, 2.24) is 9.88 Å². The molecule has 0 bridgehead atoms. The van der Waals surface area contributed by atoms with Gasteiger partial charge in [-0.3, -0.25) is 4.90 Å². The second-order valence-corrected chi connectivity index (χ2v) is 5.40. The fourth-order valence-corrected chi connectivity index (χ4v) is 2.89. The lowest BCUT2D eigenvalue weighted by Gasteiger charge is -2.26. The van der Waals surface area contributed by atoms with Gasteiger partial charge < -0.3 is 9.72 Å². The van der Waals surface area contributed by atoms with Crippen LogP contribution in [-0.4, -0.2) is 42.6 Å². The normalized spacial score (nSPS) is 16.0. The minimum atomic E-state index is -0.202. The number of carbonyl (C=O) groups is 1. The zero-order valence-electron chi connectivity index (χ0n) is 12.3. The van der Waals surface area contributed by atoms with Crippen molar-refractivity contribution in [3.05, 3.63) is 47.7 Å². The van der Waals surface area contributed by atoms with Gasteiger partial charge in [0.15, 0.2) is 0 Å². The molecule has 1 aliphatic heterocycles. The van der Waals surface area contributed by atoms with E-state index in [1.807, 2.05) is 12.1 Å². The number of para-hydroxylation sites is 1. The van der Waals surface area contributed by atoms with Gasteiger partial charge in [-0.15, -0.1) is 0 Å². The number of esters is 1. The summed E-state index contributed by atoms with van der Waals surface area (Å²) in [6.45, 7) is 2.65. The largest absolute Gasteiger partial charge is 0.466 e. The summed E-state index contributed by atoms with van der Waals surface area (Å²) in [6, 6.07) is 8.36. The van der Waals surface area contributed by atoms with Gasteiger partial charge in [0.25, 0.3) is 0 Å². The van der Waals surface area contributed by atoms with E-state index in [0.717, 1.165) is 31.5 Å². The van der Waals surface area contributed by atoms with Gasteiger partial charge in [-0.1, -0.05) is 24.3 Å². The van der Waals surface area contributed by atoms with E-state index in [-0.39, 0.29) is 5.97 Å². The summed E-state index contributed by atoms with van der Waals surface area (Å²) in [4.78, 5) is 17.2. The topological polar surface area (TPSA) is 45.3 Å². The van der Waals surface area contributed by atoms with Crippen LogP contribution in [0.1, 0.15) is 12.0 Å². The van der Waals surface area contributed by atoms with E-state index in [1.54, 1.807) is 0 Å². The standard InChI is InChI=1S/C17H20N2O2/c1-21-17(20)14-5-4-9-19(12-14)10-8-13-11-18-16-7-3-2-6-15(13)16/h2-3,5-7,11,18H,4,8-10,12H2,1H3. The number of ether oxygens (including phenoxy) is 1. The lowest BCUT2D eigenvalue weighted by atomic mass is 10.1. The van der Waals surface area contributed by atoms with Gasteiger partial charge >= 0.3 is 5.97 Å². The fourth-order valence-electron chi connectivity index (χ4n) is 2.89. The van der Waals surface area contributed by atoms with Crippen LogP contribution >= 0.6 is 0 Å². The minimum absolute atomic E-state index is 0.202. The number of aromatic nitrogens is 1. The molecular formula is C17H20N2O2. The second kappa shape index (κ2) is 6.14. The molecule has 0 spiro atoms. The number of fused-ring (bicyclic) bond motifs is 1. The Morgan fingerprint density at radius 3 is 3.10 bits per heavy atom. The number of nitrogens with one attached hydrogen (secondary N) is 1. The summed E-state index contributed by atoms with van der Waals surface area (Å²) in [5.74, 6) is -0.202. The lowest BCUT2D eigenvalue weighted by molar-refractivity contribution is -0.136. The maximum atomic E-state index is 11.6. The molecule has 1 aromatic heterocycles. The van der Waals surface area contributed by atoms with Gasteiger partial charge in [0.1, 0.15) is 0 Å². The monoisotopic (exact) mass is 284 g/mol. The summed E-state index contributed by atoms with van der Waals surface area (Å²) in [6.07, 6.45) is 5.98. The number of carbonyl (C=O) groups excluding carboxylic acids is 1. The summed E-state index contributed by atoms with van der Waals surface area (Å²) in [7, 11) is 1.44. The SMILES string of the molecule is COC(=O)C1=CCCN(CCc2c[nH]c3ccccc23)C1. The first-order valence-corrected chi connectivity index (χ1v) is 7.32. The maximum absolute atomic E-state index is 11.6. The number of nitrogens with zero attached hydrogens (tertiary/aromatic N) is 1. The number of hydrogen-bond donors (Lipinski definition) is 1. The molecule has 0 fully saturated rings. The third kappa shape index (κ3) is 3.00. The van der Waals surface area contributed by atoms with Gasteiger partial charge in [0, 0.05) is 42.3 Å². The fraction of sp³-hybridized carbons (Fsp3) is 0.353. The first kappa shape index (κ1) is 13.9. The van der Waals surface area contributed by atoms with Crippen LogP contribution in [0.15, 0.2) is 42.1 Å². The molecule has 0 amide bonds. The molecule has 0 saturated heterocycles. The molecule has 0 atom stereocenters. The molecule has 1 N–H and O–H groups in total. The molecule has 110 valence electrons. The highest BCUT2D eigenvalue weighted by Crippen LogP contribution is 2.19. The first-order chi connectivity index (χ1) is 10.3. The van der Waals surface area contributed by atoms with Gasteiger partial charge in [-0.05, 0) is 24.5 Å². The Bertz CT molecular complexity index is 672. The molecule has 1 aromatic carbocycles. The van der Waals surface area contributed by atoms with Gasteiger partial charge in [-0.2, -0.15) is 0 Å². The molecule has 0 aliphatic carbocycles. The number of aromatic amines is 1. The van der Waals surface area contributed by atoms with Crippen LogP contribution in [-0.2, 0) is 16.0 Å². The highest BCUT2D eigenvalue weighted by atomic mass is 16.5. The number of H-pyrrole nitrogens is 1. The van der Waals surface area contributed by atoms with Crippen LogP contribution in [0.2, 0.25) is 0 Å². The average molecular weight is 284 g/mol. The first-order valence-electron chi connectivity index (χ1n) is 7.32. The summed E-state index contributed by atoms with van der Waals surface area (Å²) >= 11 is 0. The van der Waals surface area contributed by atoms with E-state index in [9.17, 15) is 4.79 Å². The predicted octanol–water partition coefficient (Wildman–Crippen LogP) is 2.52. The van der Waals surface area contributed by atoms with E-state index in [4.69, 9.17) is 4.74 Å². The lowest BCUT2D eigenvalue weighted by Crippen LogP contribution is -2.34. The highest BCUT2D eigenvalue weighted by molar-refractivity contribution is 5.89. The number of rotatable bonds is 4. The van der Waals surface area contributed by atoms with Crippen molar-refractivity contribution < 1.29 is 9.53 Å². The van der Waals surface area contributed by atoms with E-state index in [2.05, 4.69) is 34.3 Å². The van der Waals surface area contributed by atoms with Crippen LogP contribution in [0.3, 0.4) is 0 Å². The maximum Gasteiger partial charge on any atom is 0.334 e. The smallest absolute Gasteiger partial charge is 0.334 e. The molecule has 4 heteroatoms. The molecule has 1 aliphatic rings. The van der Waals surface area contributed by atoms with Crippen molar-refractivity contribution in [2.45, 2.75) is 12.8 Å².